The van der Waals surface area contributed by atoms with Crippen LogP contribution in [-0.4, -0.2) is 38.9 Å². The van der Waals surface area contributed by atoms with Gasteiger partial charge in [-0.2, -0.15) is 40.6 Å². The van der Waals surface area contributed by atoms with E-state index in [4.69, 9.17) is 22.9 Å². The number of anilines is 4. The summed E-state index contributed by atoms with van der Waals surface area (Å²) in [5, 5.41) is 32.0. The van der Waals surface area contributed by atoms with E-state index in [-0.39, 0.29) is 62.4 Å². The van der Waals surface area contributed by atoms with Gasteiger partial charge in [0, 0.05) is 5.56 Å². The van der Waals surface area contributed by atoms with Crippen molar-refractivity contribution in [2.45, 2.75) is 14.7 Å². The molecule has 0 saturated heterocycles. The third-order valence-corrected chi connectivity index (χ3v) is 10.9. The smallest absolute Gasteiger partial charge is 0.296 e. The van der Waals surface area contributed by atoms with E-state index in [0.717, 1.165) is 18.2 Å². The van der Waals surface area contributed by atoms with Gasteiger partial charge >= 0.3 is 0 Å². The highest BCUT2D eigenvalue weighted by molar-refractivity contribution is 7.86. The number of benzene rings is 6. The van der Waals surface area contributed by atoms with Crippen LogP contribution in [0.1, 0.15) is 0 Å². The molecule has 6 rings (SSSR count). The zero-order valence-electron chi connectivity index (χ0n) is 30.4. The molecule has 0 saturated carbocycles. The predicted molar refractivity (Wildman–Crippen MR) is 221 cm³/mol. The van der Waals surface area contributed by atoms with Gasteiger partial charge in [-0.1, -0.05) is 48.5 Å². The summed E-state index contributed by atoms with van der Waals surface area (Å²) >= 11 is 0. The second kappa shape index (κ2) is 16.9. The number of azo groups is 4. The van der Waals surface area contributed by atoms with Gasteiger partial charge in [-0.25, -0.2) is 0 Å². The fourth-order valence-corrected chi connectivity index (χ4v) is 7.29. The SMILES string of the molecule is Nc1ccc(N=Nc2ccc(-c3ccc(N=Nc4cc(S(=O)(=O)O)c(N)c(N=Nc5ccccc5)c4N)cc3)c(S(=O)(=O)O)c2)c(N)c1N=Nc1ccccc1S(=O)(=O)O. The molecule has 0 bridgehead atoms. The van der Waals surface area contributed by atoms with Gasteiger partial charge in [0.15, 0.2) is 0 Å². The molecule has 0 aliphatic heterocycles. The molecule has 0 unspecified atom stereocenters. The molecule has 6 aromatic rings. The second-order valence-electron chi connectivity index (χ2n) is 12.3. The first-order chi connectivity index (χ1) is 28.3. The lowest BCUT2D eigenvalue weighted by molar-refractivity contribution is 0.481. The van der Waals surface area contributed by atoms with Crippen molar-refractivity contribution in [1.29, 1.82) is 0 Å². The first-order valence-electron chi connectivity index (χ1n) is 16.7. The molecule has 0 spiro atoms. The van der Waals surface area contributed by atoms with Crippen LogP contribution in [0.15, 0.2) is 171 Å². The molecule has 0 atom stereocenters. The van der Waals surface area contributed by atoms with E-state index in [2.05, 4.69) is 40.9 Å². The molecule has 0 aromatic heterocycles. The van der Waals surface area contributed by atoms with Crippen LogP contribution in [0.3, 0.4) is 0 Å². The molecule has 6 aromatic carbocycles. The standard InChI is InChI=1S/C36H30N12O9S3/c37-25-16-17-27(32(38)35(25)47-44-26-8-4-5-9-29(26)58(49,50)51)45-43-23-14-15-24(30(18-23)59(52,53)54)20-10-12-22(13-11-20)41-46-28-19-31(60(55,56)57)34(40)36(33(28)39)48-42-21-6-2-1-3-7-21/h1-19H,37-40H2,(H,49,50,51)(H,52,53,54)(H,55,56,57). The summed E-state index contributed by atoms with van der Waals surface area (Å²) in [4.78, 5) is -1.76. The van der Waals surface area contributed by atoms with Gasteiger partial charge < -0.3 is 22.9 Å². The maximum Gasteiger partial charge on any atom is 0.296 e. The van der Waals surface area contributed by atoms with Gasteiger partial charge in [0.2, 0.25) is 0 Å². The molecule has 0 fully saturated rings. The van der Waals surface area contributed by atoms with Crippen molar-refractivity contribution in [2.24, 2.45) is 40.9 Å². The maximum atomic E-state index is 12.5. The second-order valence-corrected chi connectivity index (χ2v) is 16.4. The molecule has 60 heavy (non-hydrogen) atoms. The lowest BCUT2D eigenvalue weighted by Crippen LogP contribution is -2.05. The summed E-state index contributed by atoms with van der Waals surface area (Å²) in [5.74, 6) is 0. The lowest BCUT2D eigenvalue weighted by Gasteiger charge is -2.10. The summed E-state index contributed by atoms with van der Waals surface area (Å²) in [5.41, 5.74) is 23.9. The molecule has 0 aliphatic rings. The number of nitrogen functional groups attached to an aromatic ring is 4. The number of hydrogen-bond acceptors (Lipinski definition) is 18. The van der Waals surface area contributed by atoms with Gasteiger partial charge in [-0.15, -0.1) is 25.6 Å². The highest BCUT2D eigenvalue weighted by Crippen LogP contribution is 2.44. The van der Waals surface area contributed by atoms with Crippen molar-refractivity contribution in [3.05, 3.63) is 115 Å². The molecular weight excluding hydrogens is 841 g/mol. The summed E-state index contributed by atoms with van der Waals surface area (Å²) in [6.45, 7) is 0. The Kier molecular flexibility index (Phi) is 11.9. The summed E-state index contributed by atoms with van der Waals surface area (Å²) in [6.07, 6.45) is 0. The molecule has 21 nitrogen and oxygen atoms in total. The summed E-state index contributed by atoms with van der Waals surface area (Å²) in [6, 6.07) is 27.0. The molecule has 24 heteroatoms. The molecule has 0 heterocycles. The molecular formula is C36H30N12O9S3. The van der Waals surface area contributed by atoms with Crippen molar-refractivity contribution in [3.8, 4) is 11.1 Å². The minimum absolute atomic E-state index is 0.0196. The quantitative estimate of drug-likeness (QED) is 0.0343. The number of hydrogen-bond donors (Lipinski definition) is 7. The fourth-order valence-electron chi connectivity index (χ4n) is 5.30. The lowest BCUT2D eigenvalue weighted by atomic mass is 10.0. The van der Waals surface area contributed by atoms with Gasteiger partial charge in [0.05, 0.1) is 39.8 Å². The third-order valence-electron chi connectivity index (χ3n) is 8.21. The maximum absolute atomic E-state index is 12.5. The largest absolute Gasteiger partial charge is 0.397 e. The van der Waals surface area contributed by atoms with Crippen LogP contribution in [0, 0.1) is 0 Å². The molecule has 306 valence electrons. The van der Waals surface area contributed by atoms with Crippen LogP contribution in [0.25, 0.3) is 11.1 Å². The van der Waals surface area contributed by atoms with Crippen molar-refractivity contribution >= 4 is 98.6 Å². The Morgan fingerprint density at radius 1 is 0.383 bits per heavy atom. The van der Waals surface area contributed by atoms with Crippen LogP contribution < -0.4 is 22.9 Å². The molecule has 0 aliphatic carbocycles. The Hall–Kier alpha value is -7.35. The Bertz CT molecular complexity index is 3110. The highest BCUT2D eigenvalue weighted by Gasteiger charge is 2.23. The molecule has 0 amide bonds. The van der Waals surface area contributed by atoms with E-state index < -0.39 is 50.7 Å². The monoisotopic (exact) mass is 870 g/mol. The number of nitrogens with zero attached hydrogens (tertiary/aromatic N) is 8. The van der Waals surface area contributed by atoms with Crippen LogP contribution in [-0.2, 0) is 30.4 Å². The summed E-state index contributed by atoms with van der Waals surface area (Å²) in [7, 11) is -14.3. The summed E-state index contributed by atoms with van der Waals surface area (Å²) < 4.78 is 102. The Morgan fingerprint density at radius 3 is 1.57 bits per heavy atom. The zero-order valence-corrected chi connectivity index (χ0v) is 32.8. The van der Waals surface area contributed by atoms with Crippen LogP contribution >= 0.6 is 0 Å². The number of rotatable bonds is 12. The van der Waals surface area contributed by atoms with Gasteiger partial charge in [0.1, 0.15) is 43.1 Å². The molecule has 11 N–H and O–H groups in total. The van der Waals surface area contributed by atoms with Gasteiger partial charge in [-0.3, -0.25) is 13.7 Å². The highest BCUT2D eigenvalue weighted by atomic mass is 32.2. The zero-order chi connectivity index (χ0) is 43.4. The molecule has 0 radical (unpaired) electrons. The minimum Gasteiger partial charge on any atom is -0.397 e. The van der Waals surface area contributed by atoms with Gasteiger partial charge in [0.25, 0.3) is 30.4 Å². The van der Waals surface area contributed by atoms with Crippen LogP contribution in [0.5, 0.6) is 0 Å². The third kappa shape index (κ3) is 9.67. The van der Waals surface area contributed by atoms with E-state index in [9.17, 15) is 38.9 Å². The van der Waals surface area contributed by atoms with Crippen LogP contribution in [0.4, 0.5) is 68.2 Å². The Labute approximate surface area is 341 Å². The Balaban J connectivity index is 1.27. The first kappa shape index (κ1) is 42.3. The van der Waals surface area contributed by atoms with E-state index in [1.165, 1.54) is 66.7 Å². The topological polar surface area (TPSA) is 366 Å². The van der Waals surface area contributed by atoms with E-state index in [1.807, 2.05) is 0 Å². The average molecular weight is 871 g/mol. The van der Waals surface area contributed by atoms with Crippen molar-refractivity contribution < 1.29 is 38.9 Å². The van der Waals surface area contributed by atoms with E-state index in [1.54, 1.807) is 30.3 Å². The van der Waals surface area contributed by atoms with Crippen molar-refractivity contribution in [2.75, 3.05) is 22.9 Å². The number of nitrogens with two attached hydrogens (primary N) is 4. The van der Waals surface area contributed by atoms with Crippen molar-refractivity contribution in [3.63, 3.8) is 0 Å². The first-order valence-corrected chi connectivity index (χ1v) is 21.0. The minimum atomic E-state index is -4.86. The van der Waals surface area contributed by atoms with E-state index >= 15 is 0 Å². The van der Waals surface area contributed by atoms with Crippen molar-refractivity contribution in [1.82, 2.24) is 0 Å². The van der Waals surface area contributed by atoms with Crippen LogP contribution in [0.2, 0.25) is 0 Å². The normalized spacial score (nSPS) is 12.7. The van der Waals surface area contributed by atoms with Gasteiger partial charge in [-0.05, 0) is 72.3 Å². The predicted octanol–water partition coefficient (Wildman–Crippen LogP) is 9.08. The average Bonchev–Trinajstić information content (AvgIpc) is 3.19. The Morgan fingerprint density at radius 2 is 0.900 bits per heavy atom. The van der Waals surface area contributed by atoms with E-state index in [0.29, 0.717) is 11.3 Å². The fraction of sp³-hybridized carbons (Fsp3) is 0.